The van der Waals surface area contributed by atoms with Gasteiger partial charge in [0.15, 0.2) is 0 Å². The van der Waals surface area contributed by atoms with Gasteiger partial charge in [0.05, 0.1) is 14.8 Å². The fourth-order valence-corrected chi connectivity index (χ4v) is 4.10. The molecule has 1 amide bonds. The van der Waals surface area contributed by atoms with Crippen LogP contribution in [-0.2, 0) is 4.74 Å². The first kappa shape index (κ1) is 14.5. The molecular weight excluding hydrogens is 382 g/mol. The Hall–Kier alpha value is 0.0900. The summed E-state index contributed by atoms with van der Waals surface area (Å²) in [7, 11) is 0. The molecule has 3 nitrogen and oxygen atoms in total. The maximum atomic E-state index is 12.0. The zero-order valence-corrected chi connectivity index (χ0v) is 14.0. The van der Waals surface area contributed by atoms with Crippen LogP contribution < -0.4 is 5.32 Å². The summed E-state index contributed by atoms with van der Waals surface area (Å²) in [6.45, 7) is 3.64. The standard InChI is InChI=1S/C12H15Br2NO2S/c1-2-9-7(3-4-17-9)6-15-12(16)10-5-8(13)11(14)18-10/h5,7,9H,2-4,6H2,1H3,(H,15,16). The highest BCUT2D eigenvalue weighted by Crippen LogP contribution is 2.32. The molecule has 18 heavy (non-hydrogen) atoms. The molecule has 2 atom stereocenters. The number of hydrogen-bond acceptors (Lipinski definition) is 3. The summed E-state index contributed by atoms with van der Waals surface area (Å²) in [6, 6.07) is 1.84. The summed E-state index contributed by atoms with van der Waals surface area (Å²) >= 11 is 8.22. The zero-order valence-electron chi connectivity index (χ0n) is 10.0. The Bertz CT molecular complexity index is 416. The number of thiophene rings is 1. The molecule has 0 bridgehead atoms. The molecular formula is C12H15Br2NO2S. The van der Waals surface area contributed by atoms with Gasteiger partial charge in [0.1, 0.15) is 0 Å². The summed E-state index contributed by atoms with van der Waals surface area (Å²) in [5.41, 5.74) is 0. The van der Waals surface area contributed by atoms with Gasteiger partial charge < -0.3 is 10.1 Å². The van der Waals surface area contributed by atoms with E-state index < -0.39 is 0 Å². The van der Waals surface area contributed by atoms with Crippen LogP contribution >= 0.6 is 43.2 Å². The average Bonchev–Trinajstić information content (AvgIpc) is 2.93. The van der Waals surface area contributed by atoms with Crippen LogP contribution in [0.5, 0.6) is 0 Å². The molecule has 1 aliphatic heterocycles. The van der Waals surface area contributed by atoms with E-state index in [0.717, 1.165) is 32.6 Å². The van der Waals surface area contributed by atoms with Crippen LogP contribution in [0.4, 0.5) is 0 Å². The molecule has 0 saturated carbocycles. The van der Waals surface area contributed by atoms with E-state index in [9.17, 15) is 4.79 Å². The third kappa shape index (κ3) is 3.35. The van der Waals surface area contributed by atoms with Crippen molar-refractivity contribution < 1.29 is 9.53 Å². The van der Waals surface area contributed by atoms with Gasteiger partial charge in [-0.3, -0.25) is 4.79 Å². The fraction of sp³-hybridized carbons (Fsp3) is 0.583. The van der Waals surface area contributed by atoms with Crippen LogP contribution in [0.3, 0.4) is 0 Å². The highest BCUT2D eigenvalue weighted by molar-refractivity contribution is 9.13. The molecule has 6 heteroatoms. The maximum absolute atomic E-state index is 12.0. The molecule has 100 valence electrons. The molecule has 1 saturated heterocycles. The van der Waals surface area contributed by atoms with Crippen molar-refractivity contribution in [2.24, 2.45) is 5.92 Å². The first-order valence-electron chi connectivity index (χ1n) is 5.96. The lowest BCUT2D eigenvalue weighted by atomic mass is 10.00. The summed E-state index contributed by atoms with van der Waals surface area (Å²) in [6.07, 6.45) is 2.35. The van der Waals surface area contributed by atoms with Crippen molar-refractivity contribution in [3.63, 3.8) is 0 Å². The van der Waals surface area contributed by atoms with Gasteiger partial charge >= 0.3 is 0 Å². The predicted molar refractivity (Wildman–Crippen MR) is 80.2 cm³/mol. The summed E-state index contributed by atoms with van der Waals surface area (Å²) in [5, 5.41) is 3.00. The van der Waals surface area contributed by atoms with Crippen LogP contribution in [0.15, 0.2) is 14.3 Å². The second-order valence-electron chi connectivity index (χ2n) is 4.31. The Balaban J connectivity index is 1.88. The van der Waals surface area contributed by atoms with Gasteiger partial charge in [-0.2, -0.15) is 0 Å². The molecule has 2 unspecified atom stereocenters. The van der Waals surface area contributed by atoms with Crippen LogP contribution in [0.25, 0.3) is 0 Å². The largest absolute Gasteiger partial charge is 0.378 e. The molecule has 1 aromatic heterocycles. The Kier molecular flexibility index (Phi) is 5.24. The number of amides is 1. The number of rotatable bonds is 4. The van der Waals surface area contributed by atoms with E-state index in [0.29, 0.717) is 18.6 Å². The van der Waals surface area contributed by atoms with Crippen LogP contribution in [-0.4, -0.2) is 25.2 Å². The highest BCUT2D eigenvalue weighted by Gasteiger charge is 2.27. The van der Waals surface area contributed by atoms with Gasteiger partial charge in [-0.05, 0) is 50.8 Å². The van der Waals surface area contributed by atoms with Crippen molar-refractivity contribution in [1.82, 2.24) is 5.32 Å². The highest BCUT2D eigenvalue weighted by atomic mass is 79.9. The fourth-order valence-electron chi connectivity index (χ4n) is 2.15. The third-order valence-electron chi connectivity index (χ3n) is 3.14. The molecule has 0 radical (unpaired) electrons. The average molecular weight is 397 g/mol. The van der Waals surface area contributed by atoms with Gasteiger partial charge in [-0.25, -0.2) is 0 Å². The first-order chi connectivity index (χ1) is 8.61. The quantitative estimate of drug-likeness (QED) is 0.839. The van der Waals surface area contributed by atoms with Crippen molar-refractivity contribution in [3.8, 4) is 0 Å². The summed E-state index contributed by atoms with van der Waals surface area (Å²) < 4.78 is 7.48. The van der Waals surface area contributed by atoms with E-state index in [1.54, 1.807) is 0 Å². The van der Waals surface area contributed by atoms with Gasteiger partial charge in [-0.15, -0.1) is 11.3 Å². The van der Waals surface area contributed by atoms with Gasteiger partial charge in [-0.1, -0.05) is 6.92 Å². The number of ether oxygens (including phenoxy) is 1. The van der Waals surface area contributed by atoms with E-state index in [1.165, 1.54) is 11.3 Å². The Morgan fingerprint density at radius 3 is 3.00 bits per heavy atom. The SMILES string of the molecule is CCC1OCCC1CNC(=O)c1cc(Br)c(Br)s1. The second-order valence-corrected chi connectivity index (χ2v) is 7.53. The molecule has 1 fully saturated rings. The summed E-state index contributed by atoms with van der Waals surface area (Å²) in [5.74, 6) is 0.443. The molecule has 0 aliphatic carbocycles. The number of hydrogen-bond donors (Lipinski definition) is 1. The molecule has 1 aromatic rings. The molecule has 0 aromatic carbocycles. The van der Waals surface area contributed by atoms with Crippen molar-refractivity contribution in [3.05, 3.63) is 19.2 Å². The Morgan fingerprint density at radius 2 is 2.39 bits per heavy atom. The van der Waals surface area contributed by atoms with E-state index in [2.05, 4.69) is 44.1 Å². The van der Waals surface area contributed by atoms with Crippen molar-refractivity contribution in [2.75, 3.05) is 13.2 Å². The van der Waals surface area contributed by atoms with E-state index in [4.69, 9.17) is 4.74 Å². The molecule has 1 N–H and O–H groups in total. The van der Waals surface area contributed by atoms with E-state index in [-0.39, 0.29) is 5.91 Å². The van der Waals surface area contributed by atoms with Gasteiger partial charge in [0.2, 0.25) is 0 Å². The number of carbonyl (C=O) groups is 1. The Morgan fingerprint density at radius 1 is 1.61 bits per heavy atom. The minimum absolute atomic E-state index is 0.00634. The third-order valence-corrected chi connectivity index (χ3v) is 6.40. The molecule has 1 aliphatic rings. The lowest BCUT2D eigenvalue weighted by Gasteiger charge is -2.16. The number of carbonyl (C=O) groups excluding carboxylic acids is 1. The van der Waals surface area contributed by atoms with E-state index >= 15 is 0 Å². The number of halogens is 2. The first-order valence-corrected chi connectivity index (χ1v) is 8.36. The minimum Gasteiger partial charge on any atom is -0.378 e. The predicted octanol–water partition coefficient (Wildman–Crippen LogP) is 3.82. The second kappa shape index (κ2) is 6.50. The van der Waals surface area contributed by atoms with Crippen LogP contribution in [0.1, 0.15) is 29.4 Å². The normalized spacial score (nSPS) is 23.3. The van der Waals surface area contributed by atoms with Crippen molar-refractivity contribution in [2.45, 2.75) is 25.9 Å². The lowest BCUT2D eigenvalue weighted by Crippen LogP contribution is -2.32. The van der Waals surface area contributed by atoms with Gasteiger partial charge in [0.25, 0.3) is 5.91 Å². The molecule has 2 rings (SSSR count). The maximum Gasteiger partial charge on any atom is 0.261 e. The summed E-state index contributed by atoms with van der Waals surface area (Å²) in [4.78, 5) is 12.7. The van der Waals surface area contributed by atoms with Crippen molar-refractivity contribution >= 4 is 49.1 Å². The number of nitrogens with one attached hydrogen (secondary N) is 1. The molecule has 0 spiro atoms. The topological polar surface area (TPSA) is 38.3 Å². The van der Waals surface area contributed by atoms with Crippen LogP contribution in [0, 0.1) is 5.92 Å². The monoisotopic (exact) mass is 395 g/mol. The smallest absolute Gasteiger partial charge is 0.261 e. The Labute approximate surface area is 128 Å². The molecule has 2 heterocycles. The lowest BCUT2D eigenvalue weighted by molar-refractivity contribution is 0.0828. The van der Waals surface area contributed by atoms with Crippen molar-refractivity contribution in [1.29, 1.82) is 0 Å². The van der Waals surface area contributed by atoms with Gasteiger partial charge in [0, 0.05) is 23.5 Å². The minimum atomic E-state index is -0.00634. The van der Waals surface area contributed by atoms with Crippen LogP contribution in [0.2, 0.25) is 0 Å². The zero-order chi connectivity index (χ0) is 13.1. The van der Waals surface area contributed by atoms with E-state index in [1.807, 2.05) is 6.07 Å².